The van der Waals surface area contributed by atoms with Crippen LogP contribution in [-0.2, 0) is 14.1 Å². The van der Waals surface area contributed by atoms with Crippen molar-refractivity contribution < 1.29 is 32.6 Å². The van der Waals surface area contributed by atoms with E-state index in [0.29, 0.717) is 0 Å². The lowest BCUT2D eigenvalue weighted by atomic mass is 10.3. The summed E-state index contributed by atoms with van der Waals surface area (Å²) in [7, 11) is -4.21. The van der Waals surface area contributed by atoms with Crippen LogP contribution in [0.1, 0.15) is 34.6 Å². The Balaban J connectivity index is 2.33. The van der Waals surface area contributed by atoms with Crippen molar-refractivity contribution in [2.75, 3.05) is 13.2 Å². The predicted octanol–water partition coefficient (Wildman–Crippen LogP) is 3.16. The van der Waals surface area contributed by atoms with Gasteiger partial charge in [-0.05, 0) is 46.8 Å². The SMILES string of the molecule is CCOc1nc(OCC)nc(OP(=O)(N[C@@H](C)C(=O)OC(C)C)Oc2ccccc2)n1. The van der Waals surface area contributed by atoms with Gasteiger partial charge in [0.15, 0.2) is 0 Å². The lowest BCUT2D eigenvalue weighted by Gasteiger charge is -2.22. The van der Waals surface area contributed by atoms with Crippen LogP contribution in [0.5, 0.6) is 23.8 Å². The van der Waals surface area contributed by atoms with E-state index in [-0.39, 0.29) is 43.1 Å². The minimum absolute atomic E-state index is 0.0746. The molecular formula is C19H27N4O7P. The monoisotopic (exact) mass is 454 g/mol. The van der Waals surface area contributed by atoms with Crippen molar-refractivity contribution in [3.05, 3.63) is 30.3 Å². The molecule has 0 fully saturated rings. The summed E-state index contributed by atoms with van der Waals surface area (Å²) in [6.45, 7) is 8.94. The summed E-state index contributed by atoms with van der Waals surface area (Å²) in [6.07, 6.45) is -0.349. The normalized spacial score (nSPS) is 13.7. The highest BCUT2D eigenvalue weighted by Crippen LogP contribution is 2.44. The average Bonchev–Trinajstić information content (AvgIpc) is 2.68. The van der Waals surface area contributed by atoms with Gasteiger partial charge in [0.05, 0.1) is 19.3 Å². The molecule has 2 rings (SSSR count). The molecule has 1 aromatic heterocycles. The Bertz CT molecular complexity index is 874. The molecule has 1 heterocycles. The van der Waals surface area contributed by atoms with Crippen molar-refractivity contribution in [3.8, 4) is 23.8 Å². The van der Waals surface area contributed by atoms with Crippen molar-refractivity contribution >= 4 is 13.7 Å². The predicted molar refractivity (Wildman–Crippen MR) is 111 cm³/mol. The zero-order valence-corrected chi connectivity index (χ0v) is 19.0. The Morgan fingerprint density at radius 2 is 1.48 bits per heavy atom. The Kier molecular flexibility index (Phi) is 9.02. The number of aromatic nitrogens is 3. The van der Waals surface area contributed by atoms with Crippen LogP contribution >= 0.6 is 7.75 Å². The van der Waals surface area contributed by atoms with Crippen LogP contribution in [-0.4, -0.2) is 46.3 Å². The van der Waals surface area contributed by atoms with Gasteiger partial charge >= 0.3 is 31.7 Å². The van der Waals surface area contributed by atoms with Gasteiger partial charge < -0.3 is 23.3 Å². The molecule has 0 saturated heterocycles. The molecule has 11 nitrogen and oxygen atoms in total. The standard InChI is InChI=1S/C19H27N4O7P/c1-6-26-17-20-18(27-7-2)22-19(21-17)30-31(25,29-15-11-9-8-10-12-15)23-14(5)16(24)28-13(3)4/h8-14H,6-7H2,1-5H3,(H,23,25)/t14-,31?/m0/s1. The zero-order valence-electron chi connectivity index (χ0n) is 18.1. The Labute approximate surface area is 181 Å². The molecule has 0 radical (unpaired) electrons. The maximum Gasteiger partial charge on any atom is 0.516 e. The number of hydrogen-bond acceptors (Lipinski definition) is 10. The largest absolute Gasteiger partial charge is 0.516 e. The van der Waals surface area contributed by atoms with E-state index >= 15 is 0 Å². The van der Waals surface area contributed by atoms with E-state index < -0.39 is 19.8 Å². The fourth-order valence-corrected chi connectivity index (χ4v) is 3.59. The van der Waals surface area contributed by atoms with Crippen molar-refractivity contribution in [3.63, 3.8) is 0 Å². The van der Waals surface area contributed by atoms with E-state index in [4.69, 9.17) is 23.3 Å². The highest BCUT2D eigenvalue weighted by Gasteiger charge is 2.35. The summed E-state index contributed by atoms with van der Waals surface area (Å²) in [6, 6.07) is 6.79. The van der Waals surface area contributed by atoms with Gasteiger partial charge in [0, 0.05) is 0 Å². The molecule has 0 bridgehead atoms. The number of benzene rings is 1. The van der Waals surface area contributed by atoms with E-state index in [1.54, 1.807) is 58.0 Å². The number of para-hydroxylation sites is 1. The van der Waals surface area contributed by atoms with Crippen molar-refractivity contribution in [1.29, 1.82) is 0 Å². The second-order valence-electron chi connectivity index (χ2n) is 6.38. The number of carbonyl (C=O) groups excluding carboxylic acids is 1. The van der Waals surface area contributed by atoms with Gasteiger partial charge in [0.25, 0.3) is 0 Å². The summed E-state index contributed by atoms with van der Waals surface area (Å²) >= 11 is 0. The summed E-state index contributed by atoms with van der Waals surface area (Å²) < 4.78 is 40.3. The second-order valence-corrected chi connectivity index (χ2v) is 8.00. The number of ether oxygens (including phenoxy) is 3. The van der Waals surface area contributed by atoms with Crippen LogP contribution in [0.4, 0.5) is 0 Å². The zero-order chi connectivity index (χ0) is 22.9. The molecule has 2 aromatic rings. The third-order valence-corrected chi connectivity index (χ3v) is 4.91. The molecule has 0 saturated carbocycles. The topological polar surface area (TPSA) is 131 Å². The smallest absolute Gasteiger partial charge is 0.464 e. The molecule has 0 aliphatic rings. The van der Waals surface area contributed by atoms with Crippen LogP contribution in [0.15, 0.2) is 30.3 Å². The first-order chi connectivity index (χ1) is 14.7. The van der Waals surface area contributed by atoms with Gasteiger partial charge in [-0.3, -0.25) is 4.79 Å². The molecule has 31 heavy (non-hydrogen) atoms. The van der Waals surface area contributed by atoms with E-state index in [0.717, 1.165) is 0 Å². The van der Waals surface area contributed by atoms with Gasteiger partial charge in [-0.1, -0.05) is 18.2 Å². The van der Waals surface area contributed by atoms with E-state index in [9.17, 15) is 9.36 Å². The fraction of sp³-hybridized carbons (Fsp3) is 0.474. The number of carbonyl (C=O) groups is 1. The van der Waals surface area contributed by atoms with E-state index in [1.807, 2.05) is 0 Å². The van der Waals surface area contributed by atoms with Crippen LogP contribution < -0.4 is 23.6 Å². The lowest BCUT2D eigenvalue weighted by molar-refractivity contribution is -0.149. The van der Waals surface area contributed by atoms with Crippen molar-refractivity contribution in [1.82, 2.24) is 20.0 Å². The highest BCUT2D eigenvalue weighted by molar-refractivity contribution is 7.52. The Morgan fingerprint density at radius 3 is 2.00 bits per heavy atom. The van der Waals surface area contributed by atoms with Crippen LogP contribution in [0, 0.1) is 0 Å². The van der Waals surface area contributed by atoms with E-state index in [2.05, 4.69) is 20.0 Å². The van der Waals surface area contributed by atoms with E-state index in [1.165, 1.54) is 6.92 Å². The summed E-state index contributed by atoms with van der Waals surface area (Å²) in [5.74, 6) is -0.386. The average molecular weight is 454 g/mol. The summed E-state index contributed by atoms with van der Waals surface area (Å²) in [5.41, 5.74) is 0. The quantitative estimate of drug-likeness (QED) is 0.375. The van der Waals surface area contributed by atoms with Crippen molar-refractivity contribution in [2.45, 2.75) is 46.8 Å². The molecular weight excluding hydrogens is 427 g/mol. The number of rotatable bonds is 12. The molecule has 0 aliphatic heterocycles. The number of nitrogens with zero attached hydrogens (tertiary/aromatic N) is 3. The van der Waals surface area contributed by atoms with Gasteiger partial charge in [-0.25, -0.2) is 4.57 Å². The maximum atomic E-state index is 13.5. The molecule has 170 valence electrons. The fourth-order valence-electron chi connectivity index (χ4n) is 2.17. The molecule has 2 atom stereocenters. The maximum absolute atomic E-state index is 13.5. The number of nitrogens with one attached hydrogen (secondary N) is 1. The molecule has 12 heteroatoms. The first-order valence-corrected chi connectivity index (χ1v) is 11.3. The molecule has 0 amide bonds. The van der Waals surface area contributed by atoms with Crippen LogP contribution in [0.3, 0.4) is 0 Å². The Hall–Kier alpha value is -2.91. The molecule has 0 aliphatic carbocycles. The third kappa shape index (κ3) is 8.03. The van der Waals surface area contributed by atoms with Gasteiger partial charge in [-0.2, -0.15) is 5.09 Å². The highest BCUT2D eigenvalue weighted by atomic mass is 31.2. The van der Waals surface area contributed by atoms with Crippen LogP contribution in [0.2, 0.25) is 0 Å². The second kappa shape index (κ2) is 11.5. The minimum atomic E-state index is -4.21. The molecule has 1 aromatic carbocycles. The summed E-state index contributed by atoms with van der Waals surface area (Å²) in [4.78, 5) is 24.1. The first-order valence-electron chi connectivity index (χ1n) is 9.79. The molecule has 0 spiro atoms. The van der Waals surface area contributed by atoms with Gasteiger partial charge in [0.2, 0.25) is 0 Å². The first kappa shape index (κ1) is 24.4. The number of hydrogen-bond donors (Lipinski definition) is 1. The Morgan fingerprint density at radius 1 is 0.935 bits per heavy atom. The molecule has 1 unspecified atom stereocenters. The summed E-state index contributed by atoms with van der Waals surface area (Å²) in [5, 5.41) is 2.55. The van der Waals surface area contributed by atoms with Crippen LogP contribution in [0.25, 0.3) is 0 Å². The minimum Gasteiger partial charge on any atom is -0.464 e. The lowest BCUT2D eigenvalue weighted by Crippen LogP contribution is -2.37. The number of esters is 1. The van der Waals surface area contributed by atoms with Gasteiger partial charge in [-0.15, -0.1) is 15.0 Å². The third-order valence-electron chi connectivity index (χ3n) is 3.35. The van der Waals surface area contributed by atoms with Gasteiger partial charge in [0.1, 0.15) is 11.8 Å². The molecule has 1 N–H and O–H groups in total. The van der Waals surface area contributed by atoms with Crippen molar-refractivity contribution in [2.24, 2.45) is 0 Å².